The van der Waals surface area contributed by atoms with Crippen LogP contribution in [0.25, 0.3) is 90.3 Å². The van der Waals surface area contributed by atoms with E-state index in [-0.39, 0.29) is 0 Å². The first-order valence-electron chi connectivity index (χ1n) is 21.8. The standard InChI is InChI=1S/C57H40N6/c58-34-45-14-7-8-17-47(45)36-20-22-38(23-21-36)51-33-50(37-10-3-1-4-11-37)59-54(60-51)41-26-18-35(19-27-41)43-15-9-16-44(30-43)57-62-55(40-12-5-2-6-13-40)61-56(63-57)42-28-24-39(25-29-42)52-48-31-46-32-49(52)53(46)48/h1-30,33,46,48-49,52-53H,31-32H2. The summed E-state index contributed by atoms with van der Waals surface area (Å²) >= 11 is 0. The second kappa shape index (κ2) is 15.2. The summed E-state index contributed by atoms with van der Waals surface area (Å²) in [7, 11) is 0. The van der Waals surface area contributed by atoms with Gasteiger partial charge in [0.2, 0.25) is 0 Å². The number of nitriles is 1. The molecule has 0 bridgehead atoms. The molecular formula is C57H40N6. The SMILES string of the molecule is N#Cc1ccccc1-c1ccc(-c2cc(-c3ccccc3)nc(-c3ccc(-c4cccc(-c5nc(-c6ccccc6)nc(-c6ccc(C7C8CC9CC7C98)cc6)n5)c4)cc3)n2)cc1. The molecule has 6 heteroatoms. The van der Waals surface area contributed by atoms with Gasteiger partial charge in [0.1, 0.15) is 0 Å². The average Bonchev–Trinajstić information content (AvgIpc) is 3.36. The summed E-state index contributed by atoms with van der Waals surface area (Å²) in [5.74, 6) is 7.19. The van der Waals surface area contributed by atoms with Gasteiger partial charge >= 0.3 is 0 Å². The Hall–Kier alpha value is -7.88. The van der Waals surface area contributed by atoms with E-state index in [1.807, 2.05) is 66.7 Å². The van der Waals surface area contributed by atoms with Crippen molar-refractivity contribution in [2.45, 2.75) is 18.8 Å². The lowest BCUT2D eigenvalue weighted by molar-refractivity contribution is -0.214. The molecule has 0 radical (unpaired) electrons. The highest BCUT2D eigenvalue weighted by Gasteiger charge is 2.67. The fourth-order valence-corrected chi connectivity index (χ4v) is 10.5. The van der Waals surface area contributed by atoms with E-state index in [2.05, 4.69) is 127 Å². The Labute approximate surface area is 366 Å². The van der Waals surface area contributed by atoms with Gasteiger partial charge in [0.15, 0.2) is 23.3 Å². The highest BCUT2D eigenvalue weighted by molar-refractivity contribution is 5.78. The molecule has 3 aliphatic rings. The lowest BCUT2D eigenvalue weighted by Crippen LogP contribution is -2.65. The second-order valence-corrected chi connectivity index (χ2v) is 17.2. The van der Waals surface area contributed by atoms with Crippen molar-refractivity contribution >= 4 is 0 Å². The molecule has 0 aliphatic heterocycles. The van der Waals surface area contributed by atoms with Crippen LogP contribution < -0.4 is 0 Å². The molecule has 0 spiro atoms. The number of nitrogens with zero attached hydrogens (tertiary/aromatic N) is 6. The van der Waals surface area contributed by atoms with Crippen LogP contribution >= 0.6 is 0 Å². The van der Waals surface area contributed by atoms with Crippen molar-refractivity contribution < 1.29 is 0 Å². The van der Waals surface area contributed by atoms with Crippen LogP contribution in [-0.4, -0.2) is 24.9 Å². The van der Waals surface area contributed by atoms with E-state index in [0.717, 1.165) is 96.6 Å². The van der Waals surface area contributed by atoms with Crippen molar-refractivity contribution in [3.8, 4) is 96.4 Å². The van der Waals surface area contributed by atoms with Gasteiger partial charge in [0, 0.05) is 33.4 Å². The van der Waals surface area contributed by atoms with Gasteiger partial charge in [-0.1, -0.05) is 170 Å². The lowest BCUT2D eigenvalue weighted by Gasteiger charge is -2.73. The van der Waals surface area contributed by atoms with E-state index < -0.39 is 0 Å². The van der Waals surface area contributed by atoms with E-state index in [9.17, 15) is 5.26 Å². The quantitative estimate of drug-likeness (QED) is 0.144. The molecule has 298 valence electrons. The van der Waals surface area contributed by atoms with E-state index in [1.54, 1.807) is 0 Å². The molecule has 7 aromatic carbocycles. The molecule has 3 aliphatic carbocycles. The largest absolute Gasteiger partial charge is 0.228 e. The molecular weight excluding hydrogens is 769 g/mol. The van der Waals surface area contributed by atoms with Crippen LogP contribution in [0.15, 0.2) is 188 Å². The van der Waals surface area contributed by atoms with Gasteiger partial charge in [-0.15, -0.1) is 0 Å². The first-order chi connectivity index (χ1) is 31.1. The third kappa shape index (κ3) is 6.61. The topological polar surface area (TPSA) is 88.2 Å². The maximum absolute atomic E-state index is 9.69. The van der Waals surface area contributed by atoms with E-state index in [1.165, 1.54) is 18.4 Å². The van der Waals surface area contributed by atoms with Gasteiger partial charge in [0.05, 0.1) is 23.0 Å². The zero-order valence-electron chi connectivity index (χ0n) is 34.4. The molecule has 3 fully saturated rings. The zero-order chi connectivity index (χ0) is 41.9. The fraction of sp³-hybridized carbons (Fsp3) is 0.123. The fourth-order valence-electron chi connectivity index (χ4n) is 10.5. The van der Waals surface area contributed by atoms with E-state index in [0.29, 0.717) is 28.9 Å². The first-order valence-corrected chi connectivity index (χ1v) is 21.8. The Kier molecular flexibility index (Phi) is 8.93. The summed E-state index contributed by atoms with van der Waals surface area (Å²) in [6.07, 6.45) is 2.84. The Morgan fingerprint density at radius 1 is 0.381 bits per heavy atom. The number of aromatic nitrogens is 5. The van der Waals surface area contributed by atoms with E-state index in [4.69, 9.17) is 24.9 Å². The normalized spacial score (nSPS) is 19.1. The molecule has 2 aromatic heterocycles. The number of hydrogen-bond acceptors (Lipinski definition) is 6. The van der Waals surface area contributed by atoms with Crippen LogP contribution in [-0.2, 0) is 0 Å². The molecule has 0 saturated heterocycles. The maximum Gasteiger partial charge on any atom is 0.164 e. The molecule has 0 amide bonds. The van der Waals surface area contributed by atoms with Crippen LogP contribution in [0.5, 0.6) is 0 Å². The third-order valence-corrected chi connectivity index (χ3v) is 13.8. The third-order valence-electron chi connectivity index (χ3n) is 13.8. The van der Waals surface area contributed by atoms with Gasteiger partial charge in [-0.05, 0) is 88.4 Å². The van der Waals surface area contributed by atoms with Crippen LogP contribution in [0.3, 0.4) is 0 Å². The van der Waals surface area contributed by atoms with Crippen molar-refractivity contribution in [1.29, 1.82) is 5.26 Å². The van der Waals surface area contributed by atoms with Gasteiger partial charge < -0.3 is 0 Å². The number of rotatable bonds is 9. The Morgan fingerprint density at radius 3 is 1.46 bits per heavy atom. The molecule has 3 saturated carbocycles. The molecule has 2 heterocycles. The summed E-state index contributed by atoms with van der Waals surface area (Å²) in [4.78, 5) is 25.3. The summed E-state index contributed by atoms with van der Waals surface area (Å²) in [5, 5.41) is 9.69. The van der Waals surface area contributed by atoms with Crippen molar-refractivity contribution in [2.24, 2.45) is 23.7 Å². The molecule has 2 unspecified atom stereocenters. The van der Waals surface area contributed by atoms with Gasteiger partial charge in [-0.25, -0.2) is 24.9 Å². The molecule has 12 rings (SSSR count). The minimum absolute atomic E-state index is 0.638. The highest BCUT2D eigenvalue weighted by atomic mass is 15.0. The minimum Gasteiger partial charge on any atom is -0.228 e. The van der Waals surface area contributed by atoms with Crippen molar-refractivity contribution in [3.63, 3.8) is 0 Å². The molecule has 2 atom stereocenters. The van der Waals surface area contributed by atoms with Crippen LogP contribution in [0.4, 0.5) is 0 Å². The molecule has 63 heavy (non-hydrogen) atoms. The second-order valence-electron chi connectivity index (χ2n) is 17.2. The Balaban J connectivity index is 0.859. The molecule has 9 aromatic rings. The lowest BCUT2D eigenvalue weighted by atomic mass is 9.31. The van der Waals surface area contributed by atoms with Crippen molar-refractivity contribution in [2.75, 3.05) is 0 Å². The minimum atomic E-state index is 0.638. The maximum atomic E-state index is 9.69. The summed E-state index contributed by atoms with van der Waals surface area (Å²) in [5.41, 5.74) is 13.6. The van der Waals surface area contributed by atoms with Crippen LogP contribution in [0.1, 0.15) is 29.9 Å². The van der Waals surface area contributed by atoms with Crippen molar-refractivity contribution in [3.05, 3.63) is 199 Å². The zero-order valence-corrected chi connectivity index (χ0v) is 34.4. The Bertz CT molecular complexity index is 3180. The van der Waals surface area contributed by atoms with Crippen molar-refractivity contribution in [1.82, 2.24) is 24.9 Å². The average molecular weight is 809 g/mol. The van der Waals surface area contributed by atoms with Gasteiger partial charge in [-0.3, -0.25) is 0 Å². The summed E-state index contributed by atoms with van der Waals surface area (Å²) < 4.78 is 0. The van der Waals surface area contributed by atoms with Gasteiger partial charge in [-0.2, -0.15) is 5.26 Å². The monoisotopic (exact) mass is 808 g/mol. The number of benzene rings is 7. The van der Waals surface area contributed by atoms with Crippen LogP contribution in [0.2, 0.25) is 0 Å². The predicted molar refractivity (Wildman–Crippen MR) is 250 cm³/mol. The summed E-state index contributed by atoms with van der Waals surface area (Å²) in [6.45, 7) is 0. The smallest absolute Gasteiger partial charge is 0.164 e. The molecule has 0 N–H and O–H groups in total. The Morgan fingerprint density at radius 2 is 0.841 bits per heavy atom. The van der Waals surface area contributed by atoms with E-state index >= 15 is 0 Å². The highest BCUT2D eigenvalue weighted by Crippen LogP contribution is 2.75. The first kappa shape index (κ1) is 36.9. The van der Waals surface area contributed by atoms with Crippen LogP contribution in [0, 0.1) is 35.0 Å². The number of hydrogen-bond donors (Lipinski definition) is 0. The predicted octanol–water partition coefficient (Wildman–Crippen LogP) is 13.2. The molecule has 6 nitrogen and oxygen atoms in total. The van der Waals surface area contributed by atoms with Gasteiger partial charge in [0.25, 0.3) is 0 Å². The summed E-state index contributed by atoms with van der Waals surface area (Å²) in [6, 6.07) is 66.5.